The number of nitrogens with zero attached hydrogens (tertiary/aromatic N) is 3. The highest BCUT2D eigenvalue weighted by Crippen LogP contribution is 2.36. The monoisotopic (exact) mass is 388 g/mol. The molecule has 0 amide bonds. The van der Waals surface area contributed by atoms with Gasteiger partial charge in [-0.3, -0.25) is 0 Å². The van der Waals surface area contributed by atoms with Gasteiger partial charge in [0.25, 0.3) is 0 Å². The Morgan fingerprint density at radius 3 is 2.74 bits per heavy atom. The first kappa shape index (κ1) is 20.5. The number of anilines is 1. The molecule has 9 heteroatoms. The summed E-state index contributed by atoms with van der Waals surface area (Å²) in [6.07, 6.45) is 0. The van der Waals surface area contributed by atoms with Crippen LogP contribution in [-0.4, -0.2) is 42.5 Å². The molecule has 0 bridgehead atoms. The number of aryl methyl sites for hydroxylation is 1. The van der Waals surface area contributed by atoms with Gasteiger partial charge < -0.3 is 20.3 Å². The summed E-state index contributed by atoms with van der Waals surface area (Å²) in [6.45, 7) is 4.89. The summed E-state index contributed by atoms with van der Waals surface area (Å²) < 4.78 is 5.18. The summed E-state index contributed by atoms with van der Waals surface area (Å²) >= 11 is 0.938. The first-order chi connectivity index (χ1) is 13.0. The van der Waals surface area contributed by atoms with Crippen LogP contribution in [0.5, 0.6) is 0 Å². The largest absolute Gasteiger partial charge is 0.477 e. The van der Waals surface area contributed by atoms with E-state index in [1.54, 1.807) is 13.0 Å². The first-order valence-electron chi connectivity index (χ1n) is 8.19. The fourth-order valence-corrected chi connectivity index (χ4v) is 3.23. The van der Waals surface area contributed by atoms with Gasteiger partial charge in [0.05, 0.1) is 31.1 Å². The minimum absolute atomic E-state index is 0.00402. The molecule has 1 aromatic heterocycles. The fraction of sp³-hybridized carbons (Fsp3) is 0.333. The van der Waals surface area contributed by atoms with Crippen molar-refractivity contribution in [3.63, 3.8) is 0 Å². The van der Waals surface area contributed by atoms with E-state index in [0.29, 0.717) is 31.0 Å². The lowest BCUT2D eigenvalue weighted by molar-refractivity contribution is 0.0701. The van der Waals surface area contributed by atoms with Crippen LogP contribution in [0.25, 0.3) is 0 Å². The molecule has 0 unspecified atom stereocenters. The lowest BCUT2D eigenvalue weighted by Gasteiger charge is -2.08. The third-order valence-corrected chi connectivity index (χ3v) is 4.85. The molecule has 0 atom stereocenters. The molecule has 0 radical (unpaired) electrons. The Hall–Kier alpha value is -2.80. The van der Waals surface area contributed by atoms with E-state index < -0.39 is 5.97 Å². The Labute approximate surface area is 160 Å². The van der Waals surface area contributed by atoms with E-state index in [0.717, 1.165) is 22.6 Å². The van der Waals surface area contributed by atoms with Gasteiger partial charge in [-0.1, -0.05) is 0 Å². The lowest BCUT2D eigenvalue weighted by atomic mass is 10.2. The zero-order valence-corrected chi connectivity index (χ0v) is 15.8. The average molecular weight is 388 g/mol. The number of aliphatic hydroxyl groups is 1. The number of aromatic carboxylic acids is 1. The zero-order chi connectivity index (χ0) is 19.8. The summed E-state index contributed by atoms with van der Waals surface area (Å²) in [6, 6.07) is 7.54. The minimum atomic E-state index is -1.08. The van der Waals surface area contributed by atoms with Gasteiger partial charge in [0.1, 0.15) is 10.9 Å². The molecular weight excluding hydrogens is 368 g/mol. The van der Waals surface area contributed by atoms with Crippen LogP contribution in [0.2, 0.25) is 0 Å². The number of azo groups is 1. The molecule has 3 N–H and O–H groups in total. The van der Waals surface area contributed by atoms with Crippen molar-refractivity contribution in [2.75, 3.05) is 31.7 Å². The molecule has 8 nitrogen and oxygen atoms in total. The van der Waals surface area contributed by atoms with E-state index in [1.807, 2.05) is 25.1 Å². The van der Waals surface area contributed by atoms with Crippen molar-refractivity contribution in [2.45, 2.75) is 13.8 Å². The van der Waals surface area contributed by atoms with E-state index in [-0.39, 0.29) is 22.0 Å². The van der Waals surface area contributed by atoms with Crippen molar-refractivity contribution in [2.24, 2.45) is 10.2 Å². The van der Waals surface area contributed by atoms with Crippen LogP contribution < -0.4 is 5.32 Å². The van der Waals surface area contributed by atoms with Crippen LogP contribution in [0.1, 0.15) is 26.4 Å². The van der Waals surface area contributed by atoms with Crippen molar-refractivity contribution in [1.82, 2.24) is 0 Å². The number of thiophene rings is 1. The Kier molecular flexibility index (Phi) is 7.43. The van der Waals surface area contributed by atoms with Crippen molar-refractivity contribution in [3.8, 4) is 6.07 Å². The number of carboxylic acids is 1. The summed E-state index contributed by atoms with van der Waals surface area (Å²) in [7, 11) is 0. The number of hydrogen-bond acceptors (Lipinski definition) is 8. The second-order valence-corrected chi connectivity index (χ2v) is 6.62. The van der Waals surface area contributed by atoms with Gasteiger partial charge in [0.15, 0.2) is 5.00 Å². The molecule has 2 aromatic rings. The Morgan fingerprint density at radius 2 is 2.11 bits per heavy atom. The molecule has 1 aromatic carbocycles. The second kappa shape index (κ2) is 9.78. The number of carboxylic acid groups (broad SMARTS) is 1. The Balaban J connectivity index is 2.11. The quantitative estimate of drug-likeness (QED) is 0.443. The molecule has 0 aliphatic rings. The molecule has 1 heterocycles. The van der Waals surface area contributed by atoms with Gasteiger partial charge in [-0.05, 0) is 43.2 Å². The molecule has 0 spiro atoms. The third kappa shape index (κ3) is 5.34. The SMILES string of the molecule is Cc1cc(NCCOCCO)ccc1N=Nc1sc(C(=O)O)c(C)c1C#N. The van der Waals surface area contributed by atoms with Crippen molar-refractivity contribution in [3.05, 3.63) is 39.8 Å². The highest BCUT2D eigenvalue weighted by atomic mass is 32.1. The molecule has 142 valence electrons. The van der Waals surface area contributed by atoms with E-state index >= 15 is 0 Å². The number of benzene rings is 1. The van der Waals surface area contributed by atoms with Crippen LogP contribution >= 0.6 is 11.3 Å². The van der Waals surface area contributed by atoms with Gasteiger partial charge in [0.2, 0.25) is 0 Å². The fourth-order valence-electron chi connectivity index (χ4n) is 2.32. The summed E-state index contributed by atoms with van der Waals surface area (Å²) in [5.74, 6) is -1.08. The maximum absolute atomic E-state index is 11.2. The average Bonchev–Trinajstić information content (AvgIpc) is 2.96. The number of ether oxygens (including phenoxy) is 1. The van der Waals surface area contributed by atoms with Gasteiger partial charge in [0, 0.05) is 12.2 Å². The van der Waals surface area contributed by atoms with Crippen molar-refractivity contribution in [1.29, 1.82) is 5.26 Å². The van der Waals surface area contributed by atoms with Gasteiger partial charge in [-0.15, -0.1) is 21.6 Å². The molecule has 0 fully saturated rings. The number of carbonyl (C=O) groups is 1. The van der Waals surface area contributed by atoms with Gasteiger partial charge in [-0.2, -0.15) is 5.26 Å². The normalized spacial score (nSPS) is 10.9. The molecule has 2 rings (SSSR count). The second-order valence-electron chi connectivity index (χ2n) is 5.62. The molecular formula is C18H20N4O4S. The summed E-state index contributed by atoms with van der Waals surface area (Å²) in [5, 5.41) is 38.8. The van der Waals surface area contributed by atoms with Crippen LogP contribution in [0, 0.1) is 25.2 Å². The molecule has 0 saturated heterocycles. The predicted octanol–water partition coefficient (Wildman–Crippen LogP) is 3.77. The predicted molar refractivity (Wildman–Crippen MR) is 102 cm³/mol. The van der Waals surface area contributed by atoms with Crippen LogP contribution in [0.15, 0.2) is 28.4 Å². The summed E-state index contributed by atoms with van der Waals surface area (Å²) in [5.41, 5.74) is 3.05. The molecule has 0 aliphatic carbocycles. The smallest absolute Gasteiger partial charge is 0.346 e. The van der Waals surface area contributed by atoms with Crippen molar-refractivity contribution < 1.29 is 19.7 Å². The topological polar surface area (TPSA) is 127 Å². The zero-order valence-electron chi connectivity index (χ0n) is 15.0. The van der Waals surface area contributed by atoms with Crippen LogP contribution in [0.3, 0.4) is 0 Å². The number of rotatable bonds is 9. The van der Waals surface area contributed by atoms with Gasteiger partial charge in [-0.25, -0.2) is 4.79 Å². The lowest BCUT2D eigenvalue weighted by Crippen LogP contribution is -2.11. The van der Waals surface area contributed by atoms with E-state index in [1.165, 1.54) is 0 Å². The highest BCUT2D eigenvalue weighted by Gasteiger charge is 2.19. The Bertz CT molecular complexity index is 886. The molecule has 27 heavy (non-hydrogen) atoms. The van der Waals surface area contributed by atoms with E-state index in [2.05, 4.69) is 15.5 Å². The van der Waals surface area contributed by atoms with Crippen LogP contribution in [0.4, 0.5) is 16.4 Å². The highest BCUT2D eigenvalue weighted by molar-refractivity contribution is 7.18. The third-order valence-electron chi connectivity index (χ3n) is 3.69. The maximum atomic E-state index is 11.2. The van der Waals surface area contributed by atoms with E-state index in [9.17, 15) is 15.2 Å². The number of nitriles is 1. The standard InChI is InChI=1S/C18H20N4O4S/c1-11-9-13(20-5-7-26-8-6-23)3-4-15(11)21-22-17-14(10-19)12(2)16(27-17)18(24)25/h3-4,9,20,23H,5-8H2,1-2H3,(H,24,25). The molecule has 0 aliphatic heterocycles. The molecule has 0 saturated carbocycles. The maximum Gasteiger partial charge on any atom is 0.346 e. The Morgan fingerprint density at radius 1 is 1.33 bits per heavy atom. The number of nitrogens with one attached hydrogen (secondary N) is 1. The first-order valence-corrected chi connectivity index (χ1v) is 9.01. The summed E-state index contributed by atoms with van der Waals surface area (Å²) in [4.78, 5) is 11.3. The van der Waals surface area contributed by atoms with Gasteiger partial charge >= 0.3 is 5.97 Å². The number of aliphatic hydroxyl groups excluding tert-OH is 1. The number of hydrogen-bond donors (Lipinski definition) is 3. The van der Waals surface area contributed by atoms with Crippen LogP contribution in [-0.2, 0) is 4.74 Å². The minimum Gasteiger partial charge on any atom is -0.477 e. The van der Waals surface area contributed by atoms with Crippen molar-refractivity contribution >= 4 is 33.7 Å². The van der Waals surface area contributed by atoms with E-state index in [4.69, 9.17) is 9.84 Å².